The Kier molecular flexibility index (Phi) is 7.75. The third-order valence-electron chi connectivity index (χ3n) is 5.37. The molecule has 0 aliphatic heterocycles. The lowest BCUT2D eigenvalue weighted by atomic mass is 10.0. The molecule has 4 aromatic carbocycles. The third kappa shape index (κ3) is 6.09. The molecule has 0 bridgehead atoms. The zero-order chi connectivity index (χ0) is 26.2. The summed E-state index contributed by atoms with van der Waals surface area (Å²) in [6.07, 6.45) is 1.33. The number of benzene rings is 4. The van der Waals surface area contributed by atoms with Crippen LogP contribution in [-0.4, -0.2) is 38.2 Å². The summed E-state index contributed by atoms with van der Waals surface area (Å²) in [7, 11) is 3.07. The molecule has 0 aliphatic carbocycles. The first-order valence-electron chi connectivity index (χ1n) is 11.1. The minimum absolute atomic E-state index is 0.236. The lowest BCUT2D eigenvalue weighted by molar-refractivity contribution is -0.136. The fourth-order valence-corrected chi connectivity index (χ4v) is 3.45. The van der Waals surface area contributed by atoms with Gasteiger partial charge in [0.1, 0.15) is 17.2 Å². The van der Waals surface area contributed by atoms with E-state index in [-0.39, 0.29) is 5.75 Å². The van der Waals surface area contributed by atoms with E-state index in [2.05, 4.69) is 15.8 Å². The van der Waals surface area contributed by atoms with Crippen LogP contribution in [0.25, 0.3) is 10.8 Å². The second-order valence-electron chi connectivity index (χ2n) is 7.70. The number of methoxy groups -OCH3 is 2. The number of nitrogens with one attached hydrogen (secondary N) is 2. The van der Waals surface area contributed by atoms with Crippen LogP contribution in [-0.2, 0) is 9.59 Å². The van der Waals surface area contributed by atoms with E-state index >= 15 is 0 Å². The number of rotatable bonds is 7. The number of hydrogen-bond donors (Lipinski definition) is 2. The van der Waals surface area contributed by atoms with Crippen molar-refractivity contribution in [2.45, 2.75) is 0 Å². The van der Waals surface area contributed by atoms with Crippen LogP contribution in [0.5, 0.6) is 17.2 Å². The molecule has 2 N–H and O–H groups in total. The molecule has 9 heteroatoms. The van der Waals surface area contributed by atoms with E-state index in [0.717, 1.165) is 10.8 Å². The van der Waals surface area contributed by atoms with Crippen molar-refractivity contribution in [3.05, 3.63) is 96.1 Å². The number of fused-ring (bicyclic) bond motifs is 1. The largest absolute Gasteiger partial charge is 0.497 e. The molecule has 0 aliphatic rings. The second kappa shape index (κ2) is 11.5. The number of anilines is 1. The van der Waals surface area contributed by atoms with Crippen molar-refractivity contribution in [3.63, 3.8) is 0 Å². The molecule has 0 aromatic heterocycles. The molecule has 4 rings (SSSR count). The fourth-order valence-electron chi connectivity index (χ4n) is 3.45. The van der Waals surface area contributed by atoms with E-state index in [4.69, 9.17) is 14.2 Å². The number of hydrazone groups is 1. The van der Waals surface area contributed by atoms with Crippen molar-refractivity contribution in [1.29, 1.82) is 0 Å². The van der Waals surface area contributed by atoms with Crippen molar-refractivity contribution >= 4 is 40.5 Å². The van der Waals surface area contributed by atoms with Gasteiger partial charge in [-0.25, -0.2) is 10.2 Å². The van der Waals surface area contributed by atoms with E-state index in [0.29, 0.717) is 28.3 Å². The van der Waals surface area contributed by atoms with E-state index in [1.54, 1.807) is 54.6 Å². The van der Waals surface area contributed by atoms with Crippen LogP contribution >= 0.6 is 0 Å². The van der Waals surface area contributed by atoms with Crippen LogP contribution in [0.1, 0.15) is 15.9 Å². The fraction of sp³-hybridized carbons (Fsp3) is 0.0714. The van der Waals surface area contributed by atoms with Crippen molar-refractivity contribution < 1.29 is 28.6 Å². The van der Waals surface area contributed by atoms with Crippen molar-refractivity contribution in [2.24, 2.45) is 5.10 Å². The molecular formula is C28H23N3O6. The SMILES string of the molecule is COc1ccc(NC(=O)C(=O)NN=Cc2c(OC(=O)c3ccc(OC)cc3)ccc3ccccc23)cc1. The van der Waals surface area contributed by atoms with Crippen LogP contribution in [0.4, 0.5) is 5.69 Å². The van der Waals surface area contributed by atoms with E-state index in [1.165, 1.54) is 20.4 Å². The minimum atomic E-state index is -0.968. The molecule has 0 spiro atoms. The Morgan fingerprint density at radius 3 is 2.08 bits per heavy atom. The number of nitrogens with zero attached hydrogens (tertiary/aromatic N) is 1. The van der Waals surface area contributed by atoms with Gasteiger partial charge in [-0.05, 0) is 65.4 Å². The molecule has 4 aromatic rings. The Morgan fingerprint density at radius 1 is 0.757 bits per heavy atom. The van der Waals surface area contributed by atoms with Gasteiger partial charge in [-0.15, -0.1) is 0 Å². The lowest BCUT2D eigenvalue weighted by Crippen LogP contribution is -2.32. The topological polar surface area (TPSA) is 115 Å². The van der Waals surface area contributed by atoms with Crippen LogP contribution in [0.3, 0.4) is 0 Å². The average molecular weight is 498 g/mol. The molecule has 0 heterocycles. The predicted molar refractivity (Wildman–Crippen MR) is 139 cm³/mol. The molecular weight excluding hydrogens is 474 g/mol. The summed E-state index contributed by atoms with van der Waals surface area (Å²) in [5, 5.41) is 8.02. The van der Waals surface area contributed by atoms with Crippen molar-refractivity contribution in [2.75, 3.05) is 19.5 Å². The van der Waals surface area contributed by atoms with Gasteiger partial charge in [0, 0.05) is 11.3 Å². The monoisotopic (exact) mass is 497 g/mol. The third-order valence-corrected chi connectivity index (χ3v) is 5.37. The maximum Gasteiger partial charge on any atom is 0.343 e. The molecule has 0 unspecified atom stereocenters. The van der Waals surface area contributed by atoms with Crippen LogP contribution in [0.2, 0.25) is 0 Å². The van der Waals surface area contributed by atoms with E-state index in [9.17, 15) is 14.4 Å². The highest BCUT2D eigenvalue weighted by Crippen LogP contribution is 2.27. The molecule has 9 nitrogen and oxygen atoms in total. The summed E-state index contributed by atoms with van der Waals surface area (Å²) in [5.74, 6) is -0.973. The summed E-state index contributed by atoms with van der Waals surface area (Å²) in [4.78, 5) is 37.2. The van der Waals surface area contributed by atoms with Crippen LogP contribution in [0, 0.1) is 0 Å². The highest BCUT2D eigenvalue weighted by molar-refractivity contribution is 6.39. The van der Waals surface area contributed by atoms with Crippen molar-refractivity contribution in [1.82, 2.24) is 5.43 Å². The maximum absolute atomic E-state index is 12.7. The first-order valence-corrected chi connectivity index (χ1v) is 11.1. The van der Waals surface area contributed by atoms with Crippen LogP contribution < -0.4 is 25.0 Å². The highest BCUT2D eigenvalue weighted by Gasteiger charge is 2.15. The highest BCUT2D eigenvalue weighted by atomic mass is 16.5. The summed E-state index contributed by atoms with van der Waals surface area (Å²) in [6, 6.07) is 23.9. The summed E-state index contributed by atoms with van der Waals surface area (Å²) in [5.41, 5.74) is 3.41. The minimum Gasteiger partial charge on any atom is -0.497 e. The van der Waals surface area contributed by atoms with Gasteiger partial charge in [-0.1, -0.05) is 30.3 Å². The molecule has 0 saturated heterocycles. The zero-order valence-corrected chi connectivity index (χ0v) is 20.1. The van der Waals surface area contributed by atoms with Gasteiger partial charge in [0.15, 0.2) is 0 Å². The number of carbonyl (C=O) groups excluding carboxylic acids is 3. The zero-order valence-electron chi connectivity index (χ0n) is 20.1. The number of esters is 1. The Labute approximate surface area is 212 Å². The predicted octanol–water partition coefficient (Wildman–Crippen LogP) is 4.17. The molecule has 186 valence electrons. The summed E-state index contributed by atoms with van der Waals surface area (Å²) < 4.78 is 15.8. The number of amides is 2. The quantitative estimate of drug-likeness (QED) is 0.130. The maximum atomic E-state index is 12.7. The Morgan fingerprint density at radius 2 is 1.41 bits per heavy atom. The van der Waals surface area contributed by atoms with E-state index < -0.39 is 17.8 Å². The van der Waals surface area contributed by atoms with Gasteiger partial charge in [0.05, 0.1) is 26.0 Å². The first-order chi connectivity index (χ1) is 18.0. The smallest absolute Gasteiger partial charge is 0.343 e. The second-order valence-corrected chi connectivity index (χ2v) is 7.70. The Bertz CT molecular complexity index is 1460. The number of ether oxygens (including phenoxy) is 3. The number of carbonyl (C=O) groups is 3. The summed E-state index contributed by atoms with van der Waals surface area (Å²) in [6.45, 7) is 0. The molecule has 0 saturated carbocycles. The Balaban J connectivity index is 1.51. The van der Waals surface area contributed by atoms with Gasteiger partial charge >= 0.3 is 17.8 Å². The molecule has 2 amide bonds. The summed E-state index contributed by atoms with van der Waals surface area (Å²) >= 11 is 0. The van der Waals surface area contributed by atoms with Gasteiger partial charge < -0.3 is 19.5 Å². The Hall–Kier alpha value is -5.18. The average Bonchev–Trinajstić information content (AvgIpc) is 2.94. The van der Waals surface area contributed by atoms with Crippen LogP contribution in [0.15, 0.2) is 90.0 Å². The van der Waals surface area contributed by atoms with Crippen molar-refractivity contribution in [3.8, 4) is 17.2 Å². The molecule has 37 heavy (non-hydrogen) atoms. The standard InChI is InChI=1S/C28H23N3O6/c1-35-21-12-7-19(8-13-21)28(34)37-25-16-9-18-5-3-4-6-23(18)24(25)17-29-31-27(33)26(32)30-20-10-14-22(36-2)15-11-20/h3-17H,1-2H3,(H,30,32)(H,31,33). The van der Waals surface area contributed by atoms with E-state index in [1.807, 2.05) is 30.3 Å². The van der Waals surface area contributed by atoms with Gasteiger partial charge in [0.2, 0.25) is 0 Å². The lowest BCUT2D eigenvalue weighted by Gasteiger charge is -2.11. The number of hydrogen-bond acceptors (Lipinski definition) is 7. The molecule has 0 atom stereocenters. The first kappa shape index (κ1) is 24.9. The molecule has 0 fully saturated rings. The van der Waals surface area contributed by atoms with Gasteiger partial charge in [-0.3, -0.25) is 9.59 Å². The van der Waals surface area contributed by atoms with Gasteiger partial charge in [0.25, 0.3) is 0 Å². The van der Waals surface area contributed by atoms with Gasteiger partial charge in [-0.2, -0.15) is 5.10 Å². The molecule has 0 radical (unpaired) electrons. The normalized spacial score (nSPS) is 10.6.